The zero-order valence-corrected chi connectivity index (χ0v) is 8.58. The van der Waals surface area contributed by atoms with Gasteiger partial charge < -0.3 is 14.3 Å². The molecule has 3 nitrogen and oxygen atoms in total. The standard InChI is InChI=1S/C10H18O3/c1-8(4-5-11)6-9-7-12-10(2,3)13-9/h5,8-9H,4,6-7H2,1-3H3. The Morgan fingerprint density at radius 1 is 1.62 bits per heavy atom. The van der Waals surface area contributed by atoms with Crippen LogP contribution in [0.25, 0.3) is 0 Å². The van der Waals surface area contributed by atoms with Gasteiger partial charge in [-0.25, -0.2) is 0 Å². The summed E-state index contributed by atoms with van der Waals surface area (Å²) in [5.41, 5.74) is 0. The first kappa shape index (κ1) is 10.7. The zero-order chi connectivity index (χ0) is 9.90. The lowest BCUT2D eigenvalue weighted by Gasteiger charge is -2.18. The van der Waals surface area contributed by atoms with E-state index in [-0.39, 0.29) is 6.10 Å². The quantitative estimate of drug-likeness (QED) is 0.627. The predicted octanol–water partition coefficient (Wildman–Crippen LogP) is 1.75. The molecule has 0 N–H and O–H groups in total. The van der Waals surface area contributed by atoms with E-state index in [0.717, 1.165) is 12.7 Å². The third-order valence-electron chi connectivity index (χ3n) is 2.23. The van der Waals surface area contributed by atoms with E-state index in [1.165, 1.54) is 0 Å². The second-order valence-electron chi connectivity index (χ2n) is 4.19. The molecule has 1 aliphatic rings. The first-order valence-corrected chi connectivity index (χ1v) is 4.79. The maximum absolute atomic E-state index is 10.2. The highest BCUT2D eigenvalue weighted by molar-refractivity contribution is 5.49. The fourth-order valence-corrected chi connectivity index (χ4v) is 1.59. The first-order chi connectivity index (χ1) is 6.03. The van der Waals surface area contributed by atoms with E-state index < -0.39 is 5.79 Å². The summed E-state index contributed by atoms with van der Waals surface area (Å²) < 4.78 is 11.0. The average Bonchev–Trinajstić information content (AvgIpc) is 2.30. The van der Waals surface area contributed by atoms with Crippen LogP contribution < -0.4 is 0 Å². The van der Waals surface area contributed by atoms with Gasteiger partial charge in [0.15, 0.2) is 5.79 Å². The molecule has 0 spiro atoms. The SMILES string of the molecule is CC(CC=O)CC1COC(C)(C)O1. The van der Waals surface area contributed by atoms with Gasteiger partial charge in [-0.05, 0) is 26.2 Å². The Kier molecular flexibility index (Phi) is 3.45. The minimum Gasteiger partial charge on any atom is -0.348 e. The van der Waals surface area contributed by atoms with Crippen molar-refractivity contribution in [1.29, 1.82) is 0 Å². The Balaban J connectivity index is 2.27. The topological polar surface area (TPSA) is 35.5 Å². The smallest absolute Gasteiger partial charge is 0.163 e. The van der Waals surface area contributed by atoms with E-state index in [4.69, 9.17) is 9.47 Å². The Morgan fingerprint density at radius 3 is 2.77 bits per heavy atom. The number of ether oxygens (including phenoxy) is 2. The Bertz CT molecular complexity index is 177. The third-order valence-corrected chi connectivity index (χ3v) is 2.23. The second kappa shape index (κ2) is 4.20. The van der Waals surface area contributed by atoms with Crippen LogP contribution in [-0.2, 0) is 14.3 Å². The maximum atomic E-state index is 10.2. The van der Waals surface area contributed by atoms with Gasteiger partial charge in [0.2, 0.25) is 0 Å². The molecule has 0 saturated carbocycles. The number of aldehydes is 1. The highest BCUT2D eigenvalue weighted by atomic mass is 16.7. The fourth-order valence-electron chi connectivity index (χ4n) is 1.59. The van der Waals surface area contributed by atoms with Crippen molar-refractivity contribution in [2.45, 2.75) is 45.5 Å². The Morgan fingerprint density at radius 2 is 2.31 bits per heavy atom. The van der Waals surface area contributed by atoms with Crippen LogP contribution in [0.2, 0.25) is 0 Å². The Hall–Kier alpha value is -0.410. The molecule has 13 heavy (non-hydrogen) atoms. The molecule has 76 valence electrons. The molecule has 0 aromatic carbocycles. The van der Waals surface area contributed by atoms with Crippen LogP contribution in [0.1, 0.15) is 33.6 Å². The lowest BCUT2D eigenvalue weighted by molar-refractivity contribution is -0.140. The normalized spacial score (nSPS) is 28.7. The van der Waals surface area contributed by atoms with Crippen molar-refractivity contribution in [3.05, 3.63) is 0 Å². The first-order valence-electron chi connectivity index (χ1n) is 4.79. The van der Waals surface area contributed by atoms with Crippen molar-refractivity contribution in [3.63, 3.8) is 0 Å². The van der Waals surface area contributed by atoms with Gasteiger partial charge in [0.05, 0.1) is 12.7 Å². The molecule has 1 heterocycles. The number of carbonyl (C=O) groups excluding carboxylic acids is 1. The largest absolute Gasteiger partial charge is 0.348 e. The van der Waals surface area contributed by atoms with Crippen LogP contribution in [0.4, 0.5) is 0 Å². The minimum atomic E-state index is -0.439. The molecule has 0 bridgehead atoms. The minimum absolute atomic E-state index is 0.157. The van der Waals surface area contributed by atoms with Crippen molar-refractivity contribution in [1.82, 2.24) is 0 Å². The van der Waals surface area contributed by atoms with Crippen LogP contribution in [-0.4, -0.2) is 24.8 Å². The third kappa shape index (κ3) is 3.44. The Labute approximate surface area is 79.4 Å². The van der Waals surface area contributed by atoms with Gasteiger partial charge in [-0.3, -0.25) is 0 Å². The van der Waals surface area contributed by atoms with E-state index in [1.807, 2.05) is 13.8 Å². The van der Waals surface area contributed by atoms with Crippen LogP contribution in [0.15, 0.2) is 0 Å². The van der Waals surface area contributed by atoms with Crippen LogP contribution in [0.5, 0.6) is 0 Å². The van der Waals surface area contributed by atoms with E-state index in [1.54, 1.807) is 0 Å². The molecule has 0 aliphatic carbocycles. The molecular formula is C10H18O3. The van der Waals surface area contributed by atoms with Gasteiger partial charge in [-0.2, -0.15) is 0 Å². The highest BCUT2D eigenvalue weighted by Crippen LogP contribution is 2.26. The average molecular weight is 186 g/mol. The van der Waals surface area contributed by atoms with Gasteiger partial charge in [0, 0.05) is 6.42 Å². The zero-order valence-electron chi connectivity index (χ0n) is 8.58. The molecule has 2 unspecified atom stereocenters. The number of carbonyl (C=O) groups is 1. The van der Waals surface area contributed by atoms with Gasteiger partial charge in [0.25, 0.3) is 0 Å². The lowest BCUT2D eigenvalue weighted by atomic mass is 10.0. The summed E-state index contributed by atoms with van der Waals surface area (Å²) in [5, 5.41) is 0. The maximum Gasteiger partial charge on any atom is 0.163 e. The number of hydrogen-bond acceptors (Lipinski definition) is 3. The van der Waals surface area contributed by atoms with Crippen LogP contribution >= 0.6 is 0 Å². The lowest BCUT2D eigenvalue weighted by Crippen LogP contribution is -2.22. The summed E-state index contributed by atoms with van der Waals surface area (Å²) in [6.07, 6.45) is 2.64. The molecular weight excluding hydrogens is 168 g/mol. The van der Waals surface area contributed by atoms with E-state index in [9.17, 15) is 4.79 Å². The number of hydrogen-bond donors (Lipinski definition) is 0. The molecule has 3 heteroatoms. The monoisotopic (exact) mass is 186 g/mol. The summed E-state index contributed by atoms with van der Waals surface area (Å²) in [6, 6.07) is 0. The van der Waals surface area contributed by atoms with Gasteiger partial charge in [-0.1, -0.05) is 6.92 Å². The summed E-state index contributed by atoms with van der Waals surface area (Å²) in [4.78, 5) is 10.2. The molecule has 1 aliphatic heterocycles. The van der Waals surface area contributed by atoms with Crippen molar-refractivity contribution >= 4 is 6.29 Å². The van der Waals surface area contributed by atoms with Gasteiger partial charge in [-0.15, -0.1) is 0 Å². The van der Waals surface area contributed by atoms with Crippen molar-refractivity contribution in [2.75, 3.05) is 6.61 Å². The summed E-state index contributed by atoms with van der Waals surface area (Å²) >= 11 is 0. The molecule has 2 atom stereocenters. The predicted molar refractivity (Wildman–Crippen MR) is 49.4 cm³/mol. The molecule has 1 saturated heterocycles. The summed E-state index contributed by atoms with van der Waals surface area (Å²) in [7, 11) is 0. The molecule has 0 aromatic heterocycles. The van der Waals surface area contributed by atoms with Crippen LogP contribution in [0, 0.1) is 5.92 Å². The van der Waals surface area contributed by atoms with Crippen molar-refractivity contribution in [3.8, 4) is 0 Å². The van der Waals surface area contributed by atoms with Gasteiger partial charge in [0.1, 0.15) is 6.29 Å². The summed E-state index contributed by atoms with van der Waals surface area (Å²) in [6.45, 7) is 6.54. The molecule has 0 aromatic rings. The van der Waals surface area contributed by atoms with Crippen molar-refractivity contribution in [2.24, 2.45) is 5.92 Å². The van der Waals surface area contributed by atoms with E-state index >= 15 is 0 Å². The highest BCUT2D eigenvalue weighted by Gasteiger charge is 2.32. The summed E-state index contributed by atoms with van der Waals surface area (Å²) in [5.74, 6) is -0.0500. The molecule has 0 amide bonds. The second-order valence-corrected chi connectivity index (χ2v) is 4.19. The van der Waals surface area contributed by atoms with Crippen LogP contribution in [0.3, 0.4) is 0 Å². The fraction of sp³-hybridized carbons (Fsp3) is 0.900. The molecule has 0 radical (unpaired) electrons. The van der Waals surface area contributed by atoms with E-state index in [2.05, 4.69) is 6.92 Å². The van der Waals surface area contributed by atoms with E-state index in [0.29, 0.717) is 18.9 Å². The molecule has 1 fully saturated rings. The van der Waals surface area contributed by atoms with Gasteiger partial charge >= 0.3 is 0 Å². The molecule has 1 rings (SSSR count). The van der Waals surface area contributed by atoms with Crippen molar-refractivity contribution < 1.29 is 14.3 Å². The number of rotatable bonds is 4.